The molecular formula is C19H22BrClFNO3. The van der Waals surface area contributed by atoms with Crippen molar-refractivity contribution in [2.45, 2.75) is 32.5 Å². The maximum absolute atomic E-state index is 13.9. The van der Waals surface area contributed by atoms with Crippen molar-refractivity contribution in [1.29, 1.82) is 0 Å². The maximum atomic E-state index is 13.9. The monoisotopic (exact) mass is 445 g/mol. The van der Waals surface area contributed by atoms with Crippen LogP contribution in [0.3, 0.4) is 0 Å². The molecule has 2 rings (SSSR count). The summed E-state index contributed by atoms with van der Waals surface area (Å²) in [6.45, 7) is 4.37. The minimum absolute atomic E-state index is 0.0182. The lowest BCUT2D eigenvalue weighted by molar-refractivity contribution is 0.187. The summed E-state index contributed by atoms with van der Waals surface area (Å²) >= 11 is 9.52. The first kappa shape index (κ1) is 21.0. The molecule has 0 saturated carbocycles. The quantitative estimate of drug-likeness (QED) is 0.618. The zero-order chi connectivity index (χ0) is 19.3. The number of hydrogen-bond acceptors (Lipinski definition) is 4. The number of rotatable bonds is 8. The van der Waals surface area contributed by atoms with Gasteiger partial charge in [0.2, 0.25) is 0 Å². The molecule has 0 bridgehead atoms. The number of methoxy groups -OCH3 is 1. The van der Waals surface area contributed by atoms with E-state index in [1.165, 1.54) is 6.07 Å². The summed E-state index contributed by atoms with van der Waals surface area (Å²) in [6, 6.07) is 8.24. The van der Waals surface area contributed by atoms with Crippen LogP contribution in [0.25, 0.3) is 0 Å². The predicted molar refractivity (Wildman–Crippen MR) is 104 cm³/mol. The molecule has 142 valence electrons. The molecule has 0 aliphatic carbocycles. The van der Waals surface area contributed by atoms with Crippen LogP contribution in [0.2, 0.25) is 5.02 Å². The summed E-state index contributed by atoms with van der Waals surface area (Å²) in [5, 5.41) is 12.9. The number of ether oxygens (including phenoxy) is 2. The summed E-state index contributed by atoms with van der Waals surface area (Å²) in [5.74, 6) is 0.571. The zero-order valence-corrected chi connectivity index (χ0v) is 17.2. The van der Waals surface area contributed by atoms with Crippen LogP contribution < -0.4 is 14.8 Å². The standard InChI is InChI=1S/C19H22BrClFNO3/c1-19(2,11-24)23-9-12-7-14(20)18(17(8-12)25-3)26-10-13-15(21)5-4-6-16(13)22/h4-8,23-24H,9-11H2,1-3H3. The fraction of sp³-hybridized carbons (Fsp3) is 0.368. The molecule has 0 aromatic heterocycles. The van der Waals surface area contributed by atoms with Crippen LogP contribution >= 0.6 is 27.5 Å². The van der Waals surface area contributed by atoms with Gasteiger partial charge in [-0.2, -0.15) is 0 Å². The molecule has 0 fully saturated rings. The van der Waals surface area contributed by atoms with E-state index in [9.17, 15) is 9.50 Å². The Morgan fingerprint density at radius 2 is 2.04 bits per heavy atom. The summed E-state index contributed by atoms with van der Waals surface area (Å²) < 4.78 is 25.8. The summed E-state index contributed by atoms with van der Waals surface area (Å²) in [6.07, 6.45) is 0. The van der Waals surface area contributed by atoms with Crippen LogP contribution in [0.4, 0.5) is 4.39 Å². The van der Waals surface area contributed by atoms with Gasteiger partial charge in [0.25, 0.3) is 0 Å². The van der Waals surface area contributed by atoms with Crippen LogP contribution in [0.15, 0.2) is 34.8 Å². The second kappa shape index (κ2) is 9.04. The van der Waals surface area contributed by atoms with Crippen molar-refractivity contribution < 1.29 is 19.0 Å². The van der Waals surface area contributed by atoms with Gasteiger partial charge in [0.1, 0.15) is 12.4 Å². The Balaban J connectivity index is 2.19. The average Bonchev–Trinajstić information content (AvgIpc) is 2.60. The number of aliphatic hydroxyl groups is 1. The summed E-state index contributed by atoms with van der Waals surface area (Å²) in [7, 11) is 1.54. The first-order valence-electron chi connectivity index (χ1n) is 8.05. The molecular weight excluding hydrogens is 425 g/mol. The van der Waals surface area contributed by atoms with E-state index in [1.807, 2.05) is 26.0 Å². The molecule has 26 heavy (non-hydrogen) atoms. The molecule has 0 saturated heterocycles. The van der Waals surface area contributed by atoms with Crippen molar-refractivity contribution in [3.63, 3.8) is 0 Å². The molecule has 0 aliphatic heterocycles. The van der Waals surface area contributed by atoms with Crippen molar-refractivity contribution in [2.24, 2.45) is 0 Å². The Morgan fingerprint density at radius 1 is 1.31 bits per heavy atom. The van der Waals surface area contributed by atoms with E-state index in [-0.39, 0.29) is 13.2 Å². The smallest absolute Gasteiger partial charge is 0.175 e. The van der Waals surface area contributed by atoms with Crippen LogP contribution in [0.5, 0.6) is 11.5 Å². The predicted octanol–water partition coefficient (Wildman–Crippen LogP) is 4.69. The Labute approximate surface area is 166 Å². The molecule has 4 nitrogen and oxygen atoms in total. The number of hydrogen-bond donors (Lipinski definition) is 2. The number of halogens is 3. The Kier molecular flexibility index (Phi) is 7.29. The van der Waals surface area contributed by atoms with E-state index in [2.05, 4.69) is 21.2 Å². The third-order valence-corrected chi connectivity index (χ3v) is 4.82. The van der Waals surface area contributed by atoms with Gasteiger partial charge in [0, 0.05) is 17.6 Å². The molecule has 0 atom stereocenters. The largest absolute Gasteiger partial charge is 0.493 e. The first-order chi connectivity index (χ1) is 12.3. The van der Waals surface area contributed by atoms with Crippen molar-refractivity contribution in [3.05, 3.63) is 56.8 Å². The highest BCUT2D eigenvalue weighted by Crippen LogP contribution is 2.37. The average molecular weight is 447 g/mol. The fourth-order valence-corrected chi connectivity index (χ4v) is 3.05. The van der Waals surface area contributed by atoms with Crippen LogP contribution in [-0.4, -0.2) is 24.4 Å². The van der Waals surface area contributed by atoms with E-state index < -0.39 is 11.4 Å². The second-order valence-corrected chi connectivity index (χ2v) is 7.76. The Hall–Kier alpha value is -1.34. The van der Waals surface area contributed by atoms with Gasteiger partial charge < -0.3 is 19.9 Å². The SMILES string of the molecule is COc1cc(CNC(C)(C)CO)cc(Br)c1OCc1c(F)cccc1Cl. The van der Waals surface area contributed by atoms with E-state index in [4.69, 9.17) is 21.1 Å². The molecule has 2 aromatic rings. The molecule has 0 radical (unpaired) electrons. The summed E-state index contributed by atoms with van der Waals surface area (Å²) in [4.78, 5) is 0. The number of benzene rings is 2. The van der Waals surface area contributed by atoms with Crippen molar-refractivity contribution in [3.8, 4) is 11.5 Å². The van der Waals surface area contributed by atoms with Crippen LogP contribution in [0.1, 0.15) is 25.0 Å². The zero-order valence-electron chi connectivity index (χ0n) is 14.9. The number of aliphatic hydroxyl groups excluding tert-OH is 1. The maximum Gasteiger partial charge on any atom is 0.175 e. The van der Waals surface area contributed by atoms with Crippen molar-refractivity contribution >= 4 is 27.5 Å². The lowest BCUT2D eigenvalue weighted by Gasteiger charge is -2.24. The van der Waals surface area contributed by atoms with E-state index in [0.29, 0.717) is 33.1 Å². The molecule has 2 N–H and O–H groups in total. The lowest BCUT2D eigenvalue weighted by Crippen LogP contribution is -2.42. The lowest BCUT2D eigenvalue weighted by atomic mass is 10.1. The van der Waals surface area contributed by atoms with Crippen molar-refractivity contribution in [2.75, 3.05) is 13.7 Å². The van der Waals surface area contributed by atoms with Gasteiger partial charge >= 0.3 is 0 Å². The number of nitrogens with one attached hydrogen (secondary N) is 1. The highest BCUT2D eigenvalue weighted by molar-refractivity contribution is 9.10. The van der Waals surface area contributed by atoms with Gasteiger partial charge in [-0.05, 0) is 59.6 Å². The first-order valence-corrected chi connectivity index (χ1v) is 9.22. The highest BCUT2D eigenvalue weighted by Gasteiger charge is 2.18. The van der Waals surface area contributed by atoms with Gasteiger partial charge in [-0.1, -0.05) is 17.7 Å². The Bertz CT molecular complexity index is 750. The van der Waals surface area contributed by atoms with Gasteiger partial charge in [-0.25, -0.2) is 4.39 Å². The van der Waals surface area contributed by atoms with E-state index >= 15 is 0 Å². The third kappa shape index (κ3) is 5.33. The molecule has 0 heterocycles. The molecule has 0 unspecified atom stereocenters. The van der Waals surface area contributed by atoms with Crippen LogP contribution in [0, 0.1) is 5.82 Å². The van der Waals surface area contributed by atoms with Gasteiger partial charge in [0.05, 0.1) is 23.2 Å². The molecule has 0 amide bonds. The minimum atomic E-state index is -0.417. The normalized spacial score (nSPS) is 11.5. The van der Waals surface area contributed by atoms with Crippen molar-refractivity contribution in [1.82, 2.24) is 5.32 Å². The Morgan fingerprint density at radius 3 is 2.65 bits per heavy atom. The molecule has 0 aliphatic rings. The minimum Gasteiger partial charge on any atom is -0.493 e. The van der Waals surface area contributed by atoms with E-state index in [1.54, 1.807) is 19.2 Å². The topological polar surface area (TPSA) is 50.7 Å². The van der Waals surface area contributed by atoms with Crippen LogP contribution in [-0.2, 0) is 13.2 Å². The fourth-order valence-electron chi connectivity index (χ4n) is 2.23. The molecule has 2 aromatic carbocycles. The van der Waals surface area contributed by atoms with Gasteiger partial charge in [-0.3, -0.25) is 0 Å². The third-order valence-electron chi connectivity index (χ3n) is 3.88. The summed E-state index contributed by atoms with van der Waals surface area (Å²) in [5.41, 5.74) is 0.848. The van der Waals surface area contributed by atoms with E-state index in [0.717, 1.165) is 5.56 Å². The highest BCUT2D eigenvalue weighted by atomic mass is 79.9. The second-order valence-electron chi connectivity index (χ2n) is 6.49. The molecule has 0 spiro atoms. The van der Waals surface area contributed by atoms with Gasteiger partial charge in [0.15, 0.2) is 11.5 Å². The molecule has 7 heteroatoms. The van der Waals surface area contributed by atoms with Gasteiger partial charge in [-0.15, -0.1) is 0 Å².